The number of fused-ring (bicyclic) bond motifs is 2. The molecule has 3 heterocycles. The van der Waals surface area contributed by atoms with Crippen LogP contribution in [0.25, 0.3) is 21.0 Å². The third-order valence-corrected chi connectivity index (χ3v) is 8.03. The Kier molecular flexibility index (Phi) is 7.82. The molecule has 8 nitrogen and oxygen atoms in total. The van der Waals surface area contributed by atoms with Crippen LogP contribution in [-0.2, 0) is 27.2 Å². The van der Waals surface area contributed by atoms with Crippen molar-refractivity contribution in [2.75, 3.05) is 13.1 Å². The van der Waals surface area contributed by atoms with E-state index in [9.17, 15) is 14.4 Å². The molecule has 0 bridgehead atoms. The second-order valence-corrected chi connectivity index (χ2v) is 10.4. The van der Waals surface area contributed by atoms with Crippen LogP contribution in [0.4, 0.5) is 0 Å². The van der Waals surface area contributed by atoms with Crippen molar-refractivity contribution in [2.45, 2.75) is 37.9 Å². The highest BCUT2D eigenvalue weighted by Crippen LogP contribution is 2.27. The molecular weight excluding hydrogens is 486 g/mol. The molecule has 5 N–H and O–H groups in total. The lowest BCUT2D eigenvalue weighted by atomic mass is 9.96. The Morgan fingerprint density at radius 1 is 0.973 bits per heavy atom. The van der Waals surface area contributed by atoms with E-state index >= 15 is 0 Å². The number of thiophene rings is 1. The first-order chi connectivity index (χ1) is 18.1. The zero-order chi connectivity index (χ0) is 25.6. The minimum Gasteiger partial charge on any atom is -0.361 e. The highest BCUT2D eigenvalue weighted by atomic mass is 32.1. The topological polar surface area (TPSA) is 115 Å². The Morgan fingerprint density at radius 2 is 1.73 bits per heavy atom. The van der Waals surface area contributed by atoms with E-state index in [0.717, 1.165) is 58.0 Å². The summed E-state index contributed by atoms with van der Waals surface area (Å²) >= 11 is 1.63. The Bertz CT molecular complexity index is 1390. The third kappa shape index (κ3) is 5.84. The van der Waals surface area contributed by atoms with Gasteiger partial charge in [0.05, 0.1) is 0 Å². The number of para-hydroxylation sites is 1. The number of amides is 3. The number of aromatic amines is 1. The van der Waals surface area contributed by atoms with E-state index in [0.29, 0.717) is 19.3 Å². The van der Waals surface area contributed by atoms with Crippen molar-refractivity contribution in [1.82, 2.24) is 26.3 Å². The van der Waals surface area contributed by atoms with Gasteiger partial charge >= 0.3 is 0 Å². The maximum atomic E-state index is 13.6. The summed E-state index contributed by atoms with van der Waals surface area (Å²) in [7, 11) is 0. The van der Waals surface area contributed by atoms with Gasteiger partial charge in [-0.3, -0.25) is 14.4 Å². The zero-order valence-corrected chi connectivity index (χ0v) is 21.3. The average molecular weight is 518 g/mol. The van der Waals surface area contributed by atoms with Crippen LogP contribution < -0.4 is 21.3 Å². The van der Waals surface area contributed by atoms with Gasteiger partial charge in [0.1, 0.15) is 12.2 Å². The fourth-order valence-electron chi connectivity index (χ4n) is 5.02. The van der Waals surface area contributed by atoms with Gasteiger partial charge in [0, 0.05) is 40.6 Å². The highest BCUT2D eigenvalue weighted by Gasteiger charge is 2.29. The highest BCUT2D eigenvalue weighted by molar-refractivity contribution is 7.17. The molecule has 1 saturated heterocycles. The van der Waals surface area contributed by atoms with Crippen LogP contribution in [-0.4, -0.2) is 48.5 Å². The van der Waals surface area contributed by atoms with Crippen LogP contribution in [0.2, 0.25) is 0 Å². The van der Waals surface area contributed by atoms with Crippen molar-refractivity contribution in [1.29, 1.82) is 0 Å². The maximum absolute atomic E-state index is 13.6. The second kappa shape index (κ2) is 11.6. The van der Waals surface area contributed by atoms with E-state index < -0.39 is 12.2 Å². The summed E-state index contributed by atoms with van der Waals surface area (Å²) in [5.41, 5.74) is 2.99. The normalized spacial score (nSPS) is 15.8. The molecule has 2 atom stereocenters. The number of carbonyl (C=O) groups excluding carboxylic acids is 3. The van der Waals surface area contributed by atoms with Gasteiger partial charge in [-0.1, -0.05) is 36.4 Å². The summed E-state index contributed by atoms with van der Waals surface area (Å²) in [4.78, 5) is 41.4. The molecular formula is C28H31N5O3S. The van der Waals surface area contributed by atoms with Gasteiger partial charge in [0.2, 0.25) is 18.2 Å². The number of H-pyrrole nitrogens is 1. The second-order valence-electron chi connectivity index (χ2n) is 9.46. The summed E-state index contributed by atoms with van der Waals surface area (Å²) < 4.78 is 1.14. The molecule has 9 heteroatoms. The summed E-state index contributed by atoms with van der Waals surface area (Å²) in [6.07, 6.45) is 4.13. The number of hydrogen-bond acceptors (Lipinski definition) is 5. The number of piperidine rings is 1. The number of benzene rings is 2. The molecule has 1 aliphatic rings. The first kappa shape index (κ1) is 25.0. The van der Waals surface area contributed by atoms with E-state index in [1.165, 1.54) is 0 Å². The first-order valence-electron chi connectivity index (χ1n) is 12.6. The molecule has 1 fully saturated rings. The summed E-state index contributed by atoms with van der Waals surface area (Å²) in [5, 5.41) is 16.2. The van der Waals surface area contributed by atoms with E-state index in [4.69, 9.17) is 0 Å². The predicted molar refractivity (Wildman–Crippen MR) is 146 cm³/mol. The SMILES string of the molecule is O=CN[C@H](Cc1c[nH]c2ccccc12)NC(=O)[C@@H](Cc1csc2ccccc12)NC(=O)C1CCNCC1. The van der Waals surface area contributed by atoms with E-state index in [-0.39, 0.29) is 17.7 Å². The lowest BCUT2D eigenvalue weighted by Gasteiger charge is -2.26. The van der Waals surface area contributed by atoms with Crippen LogP contribution in [0.5, 0.6) is 0 Å². The largest absolute Gasteiger partial charge is 0.361 e. The molecule has 4 aromatic rings. The molecule has 3 amide bonds. The monoisotopic (exact) mass is 517 g/mol. The first-order valence-corrected chi connectivity index (χ1v) is 13.5. The lowest BCUT2D eigenvalue weighted by molar-refractivity contribution is -0.132. The fraction of sp³-hybridized carbons (Fsp3) is 0.321. The summed E-state index contributed by atoms with van der Waals surface area (Å²) in [6, 6.07) is 15.2. The zero-order valence-electron chi connectivity index (χ0n) is 20.5. The van der Waals surface area contributed by atoms with Crippen molar-refractivity contribution >= 4 is 50.6 Å². The van der Waals surface area contributed by atoms with Crippen molar-refractivity contribution in [3.05, 3.63) is 71.2 Å². The molecule has 0 aliphatic carbocycles. The Balaban J connectivity index is 1.35. The minimum atomic E-state index is -0.765. The molecule has 2 aromatic heterocycles. The molecule has 37 heavy (non-hydrogen) atoms. The van der Waals surface area contributed by atoms with Crippen molar-refractivity contribution in [2.24, 2.45) is 5.92 Å². The minimum absolute atomic E-state index is 0.0993. The standard InChI is InChI=1S/C28H31N5O3S/c34-17-31-26(14-19-15-30-23-7-3-1-5-21(19)23)33-28(36)24(32-27(35)18-9-11-29-12-10-18)13-20-16-37-25-8-4-2-6-22(20)25/h1-8,15-18,24,26,29-30H,9-14H2,(H,31,34)(H,32,35)(H,33,36)/t24-,26+/m1/s1. The summed E-state index contributed by atoms with van der Waals surface area (Å²) in [6.45, 7) is 1.58. The quantitative estimate of drug-likeness (QED) is 0.164. The molecule has 192 valence electrons. The van der Waals surface area contributed by atoms with Crippen molar-refractivity contribution in [3.63, 3.8) is 0 Å². The van der Waals surface area contributed by atoms with Crippen LogP contribution >= 0.6 is 11.3 Å². The Labute approximate surface area is 219 Å². The molecule has 0 saturated carbocycles. The Morgan fingerprint density at radius 3 is 2.54 bits per heavy atom. The van der Waals surface area contributed by atoms with Gasteiger partial charge in [-0.15, -0.1) is 11.3 Å². The molecule has 0 radical (unpaired) electrons. The van der Waals surface area contributed by atoms with Gasteiger partial charge in [-0.25, -0.2) is 0 Å². The van der Waals surface area contributed by atoms with E-state index in [2.05, 4.69) is 37.7 Å². The van der Waals surface area contributed by atoms with Crippen molar-refractivity contribution < 1.29 is 14.4 Å². The van der Waals surface area contributed by atoms with Gasteiger partial charge in [0.15, 0.2) is 0 Å². The maximum Gasteiger partial charge on any atom is 0.244 e. The van der Waals surface area contributed by atoms with Gasteiger partial charge in [-0.2, -0.15) is 0 Å². The molecule has 5 rings (SSSR count). The fourth-order valence-corrected chi connectivity index (χ4v) is 6.00. The van der Waals surface area contributed by atoms with Crippen molar-refractivity contribution in [3.8, 4) is 0 Å². The number of nitrogens with one attached hydrogen (secondary N) is 5. The van der Waals surface area contributed by atoms with E-state index in [1.807, 2.05) is 48.7 Å². The molecule has 0 unspecified atom stereocenters. The number of rotatable bonds is 10. The molecule has 0 spiro atoms. The Hall–Kier alpha value is -3.69. The predicted octanol–water partition coefficient (Wildman–Crippen LogP) is 2.84. The van der Waals surface area contributed by atoms with Crippen LogP contribution in [0, 0.1) is 5.92 Å². The smallest absolute Gasteiger partial charge is 0.244 e. The van der Waals surface area contributed by atoms with Crippen LogP contribution in [0.1, 0.15) is 24.0 Å². The molecule has 1 aliphatic heterocycles. The number of hydrogen-bond donors (Lipinski definition) is 5. The van der Waals surface area contributed by atoms with Crippen LogP contribution in [0.15, 0.2) is 60.1 Å². The third-order valence-electron chi connectivity index (χ3n) is 7.01. The number of aromatic nitrogens is 1. The summed E-state index contributed by atoms with van der Waals surface area (Å²) in [5.74, 6) is -0.541. The lowest BCUT2D eigenvalue weighted by Crippen LogP contribution is -2.55. The van der Waals surface area contributed by atoms with Gasteiger partial charge < -0.3 is 26.3 Å². The van der Waals surface area contributed by atoms with Gasteiger partial charge in [-0.05, 0) is 60.0 Å². The van der Waals surface area contributed by atoms with E-state index in [1.54, 1.807) is 11.3 Å². The average Bonchev–Trinajstić information content (AvgIpc) is 3.53. The molecule has 2 aromatic carbocycles. The van der Waals surface area contributed by atoms with Gasteiger partial charge in [0.25, 0.3) is 0 Å². The number of carbonyl (C=O) groups is 3. The van der Waals surface area contributed by atoms with Crippen LogP contribution in [0.3, 0.4) is 0 Å².